The summed E-state index contributed by atoms with van der Waals surface area (Å²) >= 11 is 0. The predicted molar refractivity (Wildman–Crippen MR) is 50.7 cm³/mol. The maximum absolute atomic E-state index is 13.5. The van der Waals surface area contributed by atoms with E-state index in [0.29, 0.717) is 12.1 Å². The second-order valence-corrected chi connectivity index (χ2v) is 4.01. The molecule has 0 bridgehead atoms. The molecule has 119 valence electrons. The quantitative estimate of drug-likeness (QED) is 0.394. The molecular weight excluding hydrogens is 401 g/mol. The van der Waals surface area contributed by atoms with Crippen LogP contribution >= 0.6 is 0 Å². The Bertz CT molecular complexity index is 555. The fourth-order valence-electron chi connectivity index (χ4n) is 1.60. The molecule has 0 fully saturated rings. The third kappa shape index (κ3) is 2.27. The van der Waals surface area contributed by atoms with Crippen molar-refractivity contribution >= 4 is 5.57 Å². The number of hydrogen-bond donors (Lipinski definition) is 0. The number of alkyl halides is 8. The summed E-state index contributed by atoms with van der Waals surface area (Å²) in [6.45, 7) is 0. The van der Waals surface area contributed by atoms with Gasteiger partial charge in [0.2, 0.25) is 0 Å². The molecule has 0 atom stereocenters. The minimum absolute atomic E-state index is 0. The summed E-state index contributed by atoms with van der Waals surface area (Å²) in [4.78, 5) is 3.19. The van der Waals surface area contributed by atoms with Crippen LogP contribution in [0.1, 0.15) is 5.69 Å². The van der Waals surface area contributed by atoms with Gasteiger partial charge in [0.1, 0.15) is 0 Å². The fraction of sp³-hybridized carbons (Fsp3) is 0.364. The van der Waals surface area contributed by atoms with Crippen LogP contribution in [0.5, 0.6) is 0 Å². The van der Waals surface area contributed by atoms with Crippen molar-refractivity contribution in [2.24, 2.45) is 0 Å². The molecule has 0 saturated heterocycles. The molecule has 1 heterocycles. The third-order valence-electron chi connectivity index (χ3n) is 2.70. The van der Waals surface area contributed by atoms with Gasteiger partial charge in [-0.3, -0.25) is 0 Å². The molecular formula is C11H4F8NRh-. The van der Waals surface area contributed by atoms with Crippen molar-refractivity contribution in [3.8, 4) is 0 Å². The van der Waals surface area contributed by atoms with Crippen molar-refractivity contribution in [3.63, 3.8) is 0 Å². The van der Waals surface area contributed by atoms with E-state index in [2.05, 4.69) is 4.98 Å². The van der Waals surface area contributed by atoms with Crippen molar-refractivity contribution in [1.82, 2.24) is 4.98 Å². The molecule has 0 N–H and O–H groups in total. The maximum atomic E-state index is 13.5. The Morgan fingerprint density at radius 2 is 1.43 bits per heavy atom. The maximum Gasteiger partial charge on any atom is 0.378 e. The Morgan fingerprint density at radius 1 is 0.857 bits per heavy atom. The number of pyridine rings is 1. The largest absolute Gasteiger partial charge is 0.378 e. The first-order chi connectivity index (χ1) is 8.95. The molecule has 1 nitrogen and oxygen atoms in total. The van der Waals surface area contributed by atoms with E-state index < -0.39 is 35.0 Å². The molecule has 1 aromatic heterocycles. The van der Waals surface area contributed by atoms with Gasteiger partial charge in [0, 0.05) is 25.7 Å². The number of halogens is 8. The summed E-state index contributed by atoms with van der Waals surface area (Å²) in [7, 11) is 0. The van der Waals surface area contributed by atoms with Crippen LogP contribution in [0.3, 0.4) is 0 Å². The van der Waals surface area contributed by atoms with E-state index in [1.165, 1.54) is 6.07 Å². The molecule has 0 aromatic carbocycles. The summed E-state index contributed by atoms with van der Waals surface area (Å²) in [5.74, 6) is -23.6. The Labute approximate surface area is 125 Å². The van der Waals surface area contributed by atoms with Crippen LogP contribution in [0.25, 0.3) is 5.57 Å². The first kappa shape index (κ1) is 18.0. The minimum atomic E-state index is -6.28. The minimum Gasteiger partial charge on any atom is -0.351 e. The van der Waals surface area contributed by atoms with Crippen LogP contribution in [0.15, 0.2) is 24.4 Å². The van der Waals surface area contributed by atoms with Crippen LogP contribution < -0.4 is 0 Å². The summed E-state index contributed by atoms with van der Waals surface area (Å²) < 4.78 is 105. The van der Waals surface area contributed by atoms with E-state index in [-0.39, 0.29) is 19.5 Å². The predicted octanol–water partition coefficient (Wildman–Crippen LogP) is 3.82. The molecule has 0 saturated carbocycles. The van der Waals surface area contributed by atoms with E-state index >= 15 is 0 Å². The number of allylic oxidation sites excluding steroid dienone is 2. The number of rotatable bonds is 1. The number of aromatic nitrogens is 1. The van der Waals surface area contributed by atoms with Gasteiger partial charge in [-0.25, -0.2) is 8.78 Å². The first-order valence-electron chi connectivity index (χ1n) is 5.03. The van der Waals surface area contributed by atoms with Gasteiger partial charge in [0.05, 0.1) is 0 Å². The van der Waals surface area contributed by atoms with Crippen molar-refractivity contribution in [2.75, 3.05) is 0 Å². The third-order valence-corrected chi connectivity index (χ3v) is 2.70. The Kier molecular flexibility index (Phi) is 4.29. The van der Waals surface area contributed by atoms with Gasteiger partial charge >= 0.3 is 17.8 Å². The SMILES string of the molecule is FC1(F)[C-]=C(c2ccccn2)C(F)(F)C(F)(F)C1(F)F.[Rh]. The molecule has 1 aliphatic rings. The van der Waals surface area contributed by atoms with E-state index in [9.17, 15) is 35.1 Å². The number of hydrogen-bond acceptors (Lipinski definition) is 1. The van der Waals surface area contributed by atoms with Gasteiger partial charge in [0.25, 0.3) is 5.92 Å². The first-order valence-corrected chi connectivity index (χ1v) is 5.03. The monoisotopic (exact) mass is 405 g/mol. The molecule has 0 unspecified atom stereocenters. The Hall–Kier alpha value is -1.05. The summed E-state index contributed by atoms with van der Waals surface area (Å²) in [6, 6.07) is 2.97. The fourth-order valence-corrected chi connectivity index (χ4v) is 1.60. The van der Waals surface area contributed by atoms with E-state index in [4.69, 9.17) is 0 Å². The average molecular weight is 405 g/mol. The second kappa shape index (κ2) is 5.00. The zero-order valence-corrected chi connectivity index (χ0v) is 11.3. The molecule has 21 heavy (non-hydrogen) atoms. The molecule has 0 aliphatic heterocycles. The summed E-state index contributed by atoms with van der Waals surface area (Å²) in [5, 5.41) is 0. The summed E-state index contributed by atoms with van der Waals surface area (Å²) in [6.07, 6.45) is 1.35. The Morgan fingerprint density at radius 3 is 1.90 bits per heavy atom. The van der Waals surface area contributed by atoms with E-state index in [1.54, 1.807) is 0 Å². The molecule has 0 amide bonds. The molecule has 1 aromatic rings. The molecule has 2 rings (SSSR count). The zero-order valence-electron chi connectivity index (χ0n) is 9.61. The van der Waals surface area contributed by atoms with Crippen molar-refractivity contribution in [2.45, 2.75) is 23.7 Å². The molecule has 1 aliphatic carbocycles. The Balaban J connectivity index is 0.00000220. The van der Waals surface area contributed by atoms with Crippen molar-refractivity contribution < 1.29 is 54.6 Å². The van der Waals surface area contributed by atoms with Gasteiger partial charge < -0.3 is 4.98 Å². The molecule has 10 heteroatoms. The molecule has 1 radical (unpaired) electrons. The van der Waals surface area contributed by atoms with Gasteiger partial charge in [-0.2, -0.15) is 32.4 Å². The van der Waals surface area contributed by atoms with Crippen LogP contribution in [0.4, 0.5) is 35.1 Å². The van der Waals surface area contributed by atoms with Crippen LogP contribution in [0, 0.1) is 6.08 Å². The molecule has 0 spiro atoms. The van der Waals surface area contributed by atoms with E-state index in [0.717, 1.165) is 12.3 Å². The van der Waals surface area contributed by atoms with Crippen molar-refractivity contribution in [1.29, 1.82) is 0 Å². The number of nitrogens with zero attached hydrogens (tertiary/aromatic N) is 1. The standard InChI is InChI=1S/C11H4F8N.Rh/c12-8(13)5-6(7-3-1-2-4-20-7)9(14,15)11(18,19)10(8,16)17;/h1-4H;/q-1;. The van der Waals surface area contributed by atoms with Crippen LogP contribution in [-0.2, 0) is 19.5 Å². The van der Waals surface area contributed by atoms with Gasteiger partial charge in [0.15, 0.2) is 0 Å². The van der Waals surface area contributed by atoms with Crippen molar-refractivity contribution in [3.05, 3.63) is 36.2 Å². The van der Waals surface area contributed by atoms with Gasteiger partial charge in [-0.15, -0.1) is 11.6 Å². The second-order valence-electron chi connectivity index (χ2n) is 4.01. The average Bonchev–Trinajstić information content (AvgIpc) is 2.35. The van der Waals surface area contributed by atoms with Gasteiger partial charge in [-0.05, 0) is 6.07 Å². The normalized spacial score (nSPS) is 24.7. The summed E-state index contributed by atoms with van der Waals surface area (Å²) in [5.41, 5.74) is -3.04. The van der Waals surface area contributed by atoms with Gasteiger partial charge in [-0.1, -0.05) is 11.8 Å². The van der Waals surface area contributed by atoms with E-state index in [1.807, 2.05) is 0 Å². The van der Waals surface area contributed by atoms with Crippen LogP contribution in [0.2, 0.25) is 0 Å². The smallest absolute Gasteiger partial charge is 0.351 e. The topological polar surface area (TPSA) is 12.9 Å². The zero-order chi connectivity index (χ0) is 15.4. The van der Waals surface area contributed by atoms with Crippen LogP contribution in [-0.4, -0.2) is 28.7 Å².